The first-order valence-electron chi connectivity index (χ1n) is 7.72. The summed E-state index contributed by atoms with van der Waals surface area (Å²) in [5.41, 5.74) is -0.238. The lowest BCUT2D eigenvalue weighted by atomic mass is 9.87. The van der Waals surface area contributed by atoms with E-state index in [9.17, 15) is 14.9 Å². The molecule has 0 aliphatic heterocycles. The highest BCUT2D eigenvalue weighted by Crippen LogP contribution is 2.31. The van der Waals surface area contributed by atoms with Crippen LogP contribution in [-0.4, -0.2) is 22.8 Å². The first kappa shape index (κ1) is 18.7. The van der Waals surface area contributed by atoms with Crippen molar-refractivity contribution in [3.05, 3.63) is 33.9 Å². The van der Waals surface area contributed by atoms with E-state index in [0.717, 1.165) is 12.5 Å². The maximum atomic E-state index is 12.0. The number of rotatable bonds is 8. The van der Waals surface area contributed by atoms with Crippen LogP contribution in [0, 0.1) is 16.0 Å². The Hall–Kier alpha value is -1.68. The van der Waals surface area contributed by atoms with Crippen LogP contribution in [0.5, 0.6) is 0 Å². The number of nitro groups is 1. The molecule has 1 aliphatic rings. The summed E-state index contributed by atoms with van der Waals surface area (Å²) in [6.45, 7) is 0.315. The van der Waals surface area contributed by atoms with Crippen molar-refractivity contribution in [3.8, 4) is 0 Å². The van der Waals surface area contributed by atoms with Gasteiger partial charge >= 0.3 is 5.97 Å². The molecule has 0 atom stereocenters. The summed E-state index contributed by atoms with van der Waals surface area (Å²) in [5.74, 6) is 0.0000728. The summed E-state index contributed by atoms with van der Waals surface area (Å²) in [5, 5.41) is 22.6. The van der Waals surface area contributed by atoms with Crippen LogP contribution in [0.15, 0.2) is 23.1 Å². The molecular weight excluding hydrogens is 338 g/mol. The Bertz CT molecular complexity index is 575. The Kier molecular flexibility index (Phi) is 7.44. The van der Waals surface area contributed by atoms with Gasteiger partial charge in [-0.2, -0.15) is 0 Å². The largest absolute Gasteiger partial charge is 0.462 e. The van der Waals surface area contributed by atoms with Crippen molar-refractivity contribution >= 4 is 23.7 Å². The topological polar surface area (TPSA) is 108 Å². The van der Waals surface area contributed by atoms with Crippen LogP contribution >= 0.6 is 12.0 Å². The average Bonchev–Trinajstić information content (AvgIpc) is 2.60. The summed E-state index contributed by atoms with van der Waals surface area (Å²) in [4.78, 5) is 22.5. The third kappa shape index (κ3) is 5.45. The van der Waals surface area contributed by atoms with Crippen molar-refractivity contribution in [1.82, 2.24) is 0 Å². The maximum absolute atomic E-state index is 12.0. The standard InChI is InChI=1S/C15H19NO7S/c17-15(21-9-8-11-4-2-1-3-5-11)12-6-7-14(24-23-22-20)13(10-12)16(18)19/h6-7,10-11,20H,1-5,8-9H2. The van der Waals surface area contributed by atoms with Crippen LogP contribution in [0.4, 0.5) is 5.69 Å². The van der Waals surface area contributed by atoms with Crippen molar-refractivity contribution in [1.29, 1.82) is 0 Å². The van der Waals surface area contributed by atoms with Crippen molar-refractivity contribution in [2.24, 2.45) is 5.92 Å². The monoisotopic (exact) mass is 357 g/mol. The molecule has 0 aromatic heterocycles. The van der Waals surface area contributed by atoms with Gasteiger partial charge in [0, 0.05) is 6.07 Å². The van der Waals surface area contributed by atoms with Crippen LogP contribution < -0.4 is 0 Å². The van der Waals surface area contributed by atoms with Crippen LogP contribution in [0.25, 0.3) is 0 Å². The van der Waals surface area contributed by atoms with Gasteiger partial charge in [-0.15, -0.1) is 4.33 Å². The Morgan fingerprint density at radius 2 is 2.08 bits per heavy atom. The number of hydrogen-bond donors (Lipinski definition) is 1. The molecule has 132 valence electrons. The van der Waals surface area contributed by atoms with Crippen LogP contribution in [-0.2, 0) is 14.1 Å². The number of hydrogen-bond acceptors (Lipinski definition) is 8. The van der Waals surface area contributed by atoms with E-state index in [1.54, 1.807) is 0 Å². The van der Waals surface area contributed by atoms with E-state index in [1.165, 1.54) is 44.2 Å². The number of benzene rings is 1. The van der Waals surface area contributed by atoms with E-state index >= 15 is 0 Å². The summed E-state index contributed by atoms with van der Waals surface area (Å²) in [6.07, 6.45) is 6.88. The van der Waals surface area contributed by atoms with E-state index in [2.05, 4.69) is 9.37 Å². The van der Waals surface area contributed by atoms with Crippen molar-refractivity contribution in [2.75, 3.05) is 6.61 Å². The smallest absolute Gasteiger partial charge is 0.338 e. The molecule has 9 heteroatoms. The van der Waals surface area contributed by atoms with E-state index in [4.69, 9.17) is 9.99 Å². The molecular formula is C15H19NO7S. The number of ether oxygens (including phenoxy) is 1. The van der Waals surface area contributed by atoms with E-state index in [-0.39, 0.29) is 16.1 Å². The molecule has 1 saturated carbocycles. The molecule has 2 rings (SSSR count). The summed E-state index contributed by atoms with van der Waals surface area (Å²) in [6, 6.07) is 3.85. The number of carbonyl (C=O) groups is 1. The second kappa shape index (κ2) is 9.58. The molecule has 1 aromatic rings. The lowest BCUT2D eigenvalue weighted by Gasteiger charge is -2.21. The van der Waals surface area contributed by atoms with Gasteiger partial charge < -0.3 is 4.74 Å². The molecule has 0 bridgehead atoms. The number of carbonyl (C=O) groups excluding carboxylic acids is 1. The van der Waals surface area contributed by atoms with E-state index < -0.39 is 10.9 Å². The zero-order valence-corrected chi connectivity index (χ0v) is 13.8. The Balaban J connectivity index is 1.93. The van der Waals surface area contributed by atoms with Crippen LogP contribution in [0.2, 0.25) is 0 Å². The molecule has 0 unspecified atom stereocenters. The van der Waals surface area contributed by atoms with Gasteiger partial charge in [-0.05, 0) is 24.5 Å². The molecule has 1 aromatic carbocycles. The quantitative estimate of drug-likeness (QED) is 0.243. The lowest BCUT2D eigenvalue weighted by molar-refractivity contribution is -0.432. The summed E-state index contributed by atoms with van der Waals surface area (Å²) >= 11 is 0.466. The molecule has 0 saturated heterocycles. The first-order valence-corrected chi connectivity index (χ1v) is 8.46. The third-order valence-electron chi connectivity index (χ3n) is 4.03. The van der Waals surface area contributed by atoms with Gasteiger partial charge in [0.25, 0.3) is 5.69 Å². The molecule has 1 aliphatic carbocycles. The Labute approximate surface area is 143 Å². The highest BCUT2D eigenvalue weighted by atomic mass is 32.2. The number of nitrogens with zero attached hydrogens (tertiary/aromatic N) is 1. The van der Waals surface area contributed by atoms with Crippen molar-refractivity contribution < 1.29 is 29.1 Å². The zero-order chi connectivity index (χ0) is 17.4. The van der Waals surface area contributed by atoms with E-state index in [0.29, 0.717) is 24.6 Å². The molecule has 1 fully saturated rings. The van der Waals surface area contributed by atoms with Gasteiger partial charge in [0.15, 0.2) is 0 Å². The number of esters is 1. The molecule has 0 amide bonds. The van der Waals surface area contributed by atoms with Crippen LogP contribution in [0.3, 0.4) is 0 Å². The molecule has 24 heavy (non-hydrogen) atoms. The Morgan fingerprint density at radius 3 is 2.75 bits per heavy atom. The minimum atomic E-state index is -0.651. The predicted molar refractivity (Wildman–Crippen MR) is 85.2 cm³/mol. The average molecular weight is 357 g/mol. The van der Waals surface area contributed by atoms with Gasteiger partial charge in [-0.25, -0.2) is 10.1 Å². The molecule has 0 radical (unpaired) electrons. The minimum absolute atomic E-state index is 0.0906. The zero-order valence-electron chi connectivity index (χ0n) is 13.0. The Morgan fingerprint density at radius 1 is 1.33 bits per heavy atom. The fraction of sp³-hybridized carbons (Fsp3) is 0.533. The van der Waals surface area contributed by atoms with Crippen LogP contribution in [0.1, 0.15) is 48.9 Å². The fourth-order valence-electron chi connectivity index (χ4n) is 2.79. The van der Waals surface area contributed by atoms with Gasteiger partial charge in [0.1, 0.15) is 4.90 Å². The minimum Gasteiger partial charge on any atom is -0.462 e. The van der Waals surface area contributed by atoms with Crippen molar-refractivity contribution in [2.45, 2.75) is 43.4 Å². The normalized spacial score (nSPS) is 15.2. The highest BCUT2D eigenvalue weighted by molar-refractivity contribution is 7.94. The van der Waals surface area contributed by atoms with Crippen molar-refractivity contribution in [3.63, 3.8) is 0 Å². The predicted octanol–water partition coefficient (Wildman–Crippen LogP) is 4.15. The maximum Gasteiger partial charge on any atom is 0.338 e. The highest BCUT2D eigenvalue weighted by Gasteiger charge is 2.20. The van der Waals surface area contributed by atoms with Gasteiger partial charge in [-0.3, -0.25) is 10.1 Å². The fourth-order valence-corrected chi connectivity index (χ4v) is 3.23. The molecule has 1 N–H and O–H groups in total. The first-order chi connectivity index (χ1) is 11.6. The lowest BCUT2D eigenvalue weighted by Crippen LogP contribution is -2.12. The summed E-state index contributed by atoms with van der Waals surface area (Å²) < 4.78 is 9.42. The summed E-state index contributed by atoms with van der Waals surface area (Å²) in [7, 11) is 0. The molecule has 0 spiro atoms. The SMILES string of the molecule is O=C(OCCC1CCCCC1)c1ccc(SOOO)c([N+](=O)[O-])c1. The van der Waals surface area contributed by atoms with Gasteiger partial charge in [-0.1, -0.05) is 37.1 Å². The third-order valence-corrected chi connectivity index (χ3v) is 4.68. The second-order valence-electron chi connectivity index (χ2n) is 5.59. The van der Waals surface area contributed by atoms with Gasteiger partial charge in [0.2, 0.25) is 0 Å². The molecule has 8 nitrogen and oxygen atoms in total. The number of nitro benzene ring substituents is 1. The van der Waals surface area contributed by atoms with E-state index in [1.807, 2.05) is 0 Å². The molecule has 0 heterocycles. The van der Waals surface area contributed by atoms with Gasteiger partial charge in [0.05, 0.1) is 29.1 Å². The second-order valence-corrected chi connectivity index (χ2v) is 6.34.